The summed E-state index contributed by atoms with van der Waals surface area (Å²) in [4.78, 5) is 11.4. The first-order valence-electron chi connectivity index (χ1n) is 9.67. The molecule has 2 fully saturated rings. The first-order chi connectivity index (χ1) is 11.6. The number of methoxy groups -OCH3 is 1. The van der Waals surface area contributed by atoms with Gasteiger partial charge in [-0.3, -0.25) is 0 Å². The molecule has 4 heteroatoms. The summed E-state index contributed by atoms with van der Waals surface area (Å²) in [6.07, 6.45) is 8.23. The van der Waals surface area contributed by atoms with Crippen molar-refractivity contribution in [3.63, 3.8) is 0 Å². The fraction of sp³-hybridized carbons (Fsp3) is 0.857. The molecule has 2 unspecified atom stereocenters. The lowest BCUT2D eigenvalue weighted by atomic mass is 9.45. The van der Waals surface area contributed by atoms with Crippen LogP contribution in [0.3, 0.4) is 0 Å². The van der Waals surface area contributed by atoms with Crippen LogP contribution in [0.4, 0.5) is 0 Å². The summed E-state index contributed by atoms with van der Waals surface area (Å²) in [5, 5.41) is 21.2. The van der Waals surface area contributed by atoms with Crippen LogP contribution in [0.5, 0.6) is 0 Å². The van der Waals surface area contributed by atoms with E-state index in [4.69, 9.17) is 4.74 Å². The Hall–Kier alpha value is -0.870. The zero-order chi connectivity index (χ0) is 18.9. The summed E-state index contributed by atoms with van der Waals surface area (Å²) >= 11 is 0. The van der Waals surface area contributed by atoms with Crippen LogP contribution in [0.15, 0.2) is 11.6 Å². The molecule has 4 nitrogen and oxygen atoms in total. The molecule has 25 heavy (non-hydrogen) atoms. The van der Waals surface area contributed by atoms with Gasteiger partial charge in [0, 0.05) is 6.08 Å². The molecule has 2 N–H and O–H groups in total. The number of fused-ring (bicyclic) bond motifs is 1. The Balaban J connectivity index is 2.26. The van der Waals surface area contributed by atoms with Gasteiger partial charge in [-0.1, -0.05) is 32.8 Å². The van der Waals surface area contributed by atoms with Crippen LogP contribution < -0.4 is 0 Å². The first kappa shape index (κ1) is 20.4. The van der Waals surface area contributed by atoms with E-state index in [9.17, 15) is 15.0 Å². The quantitative estimate of drug-likeness (QED) is 0.582. The zero-order valence-electron chi connectivity index (χ0n) is 16.6. The number of aliphatic hydroxyl groups excluding tert-OH is 1. The van der Waals surface area contributed by atoms with Crippen molar-refractivity contribution in [2.45, 2.75) is 78.2 Å². The van der Waals surface area contributed by atoms with Crippen molar-refractivity contribution in [2.75, 3.05) is 13.7 Å². The van der Waals surface area contributed by atoms with Crippen LogP contribution in [0, 0.1) is 22.7 Å². The fourth-order valence-electron chi connectivity index (χ4n) is 5.98. The second kappa shape index (κ2) is 7.40. The number of carbonyl (C=O) groups excluding carboxylic acids is 1. The molecule has 2 aliphatic carbocycles. The largest absolute Gasteiger partial charge is 0.466 e. The predicted molar refractivity (Wildman–Crippen MR) is 99.0 cm³/mol. The Labute approximate surface area is 152 Å². The van der Waals surface area contributed by atoms with Crippen LogP contribution >= 0.6 is 0 Å². The highest BCUT2D eigenvalue weighted by atomic mass is 16.5. The lowest BCUT2D eigenvalue weighted by Crippen LogP contribution is -2.59. The van der Waals surface area contributed by atoms with E-state index in [1.54, 1.807) is 0 Å². The molecule has 2 saturated carbocycles. The summed E-state index contributed by atoms with van der Waals surface area (Å²) in [5.41, 5.74) is 0.263. The number of rotatable bonds is 5. The summed E-state index contributed by atoms with van der Waals surface area (Å²) in [7, 11) is 1.38. The van der Waals surface area contributed by atoms with E-state index < -0.39 is 5.60 Å². The maximum Gasteiger partial charge on any atom is 0.330 e. The van der Waals surface area contributed by atoms with Gasteiger partial charge in [-0.25, -0.2) is 4.79 Å². The van der Waals surface area contributed by atoms with Crippen molar-refractivity contribution in [1.29, 1.82) is 0 Å². The molecular weight excluding hydrogens is 316 g/mol. The second-order valence-corrected chi connectivity index (χ2v) is 9.31. The van der Waals surface area contributed by atoms with Gasteiger partial charge in [-0.2, -0.15) is 0 Å². The minimum absolute atomic E-state index is 0.0308. The highest BCUT2D eigenvalue weighted by molar-refractivity contribution is 5.82. The Morgan fingerprint density at radius 3 is 2.52 bits per heavy atom. The number of ether oxygens (including phenoxy) is 1. The highest BCUT2D eigenvalue weighted by Crippen LogP contribution is 2.62. The Morgan fingerprint density at radius 1 is 1.24 bits per heavy atom. The third kappa shape index (κ3) is 3.95. The number of allylic oxidation sites excluding steroid dienone is 1. The van der Waals surface area contributed by atoms with Gasteiger partial charge in [-0.05, 0) is 68.1 Å². The number of carbonyl (C=O) groups is 1. The Bertz CT molecular complexity index is 524. The average molecular weight is 353 g/mol. The van der Waals surface area contributed by atoms with Crippen molar-refractivity contribution >= 4 is 5.97 Å². The molecule has 0 saturated heterocycles. The second-order valence-electron chi connectivity index (χ2n) is 9.31. The van der Waals surface area contributed by atoms with Gasteiger partial charge in [-0.15, -0.1) is 0 Å². The van der Waals surface area contributed by atoms with E-state index in [0.717, 1.165) is 31.3 Å². The third-order valence-corrected chi connectivity index (χ3v) is 7.25. The molecule has 2 rings (SSSR count). The number of esters is 1. The van der Waals surface area contributed by atoms with Crippen molar-refractivity contribution in [1.82, 2.24) is 0 Å². The van der Waals surface area contributed by atoms with Crippen molar-refractivity contribution < 1.29 is 19.7 Å². The molecule has 0 bridgehead atoms. The monoisotopic (exact) mass is 352 g/mol. The Morgan fingerprint density at radius 2 is 1.92 bits per heavy atom. The first-order valence-corrected chi connectivity index (χ1v) is 9.67. The van der Waals surface area contributed by atoms with E-state index in [1.807, 2.05) is 6.92 Å². The molecule has 2 aliphatic rings. The van der Waals surface area contributed by atoms with Gasteiger partial charge in [0.2, 0.25) is 0 Å². The molecule has 0 aromatic rings. The zero-order valence-corrected chi connectivity index (χ0v) is 16.6. The summed E-state index contributed by atoms with van der Waals surface area (Å²) in [6, 6.07) is 0. The SMILES string of the molecule is COC(=O)/C=C(\C)CC[C@H]1C(O)(CO)CCC2C(C)(C)CCC[C@@]21C. The third-order valence-electron chi connectivity index (χ3n) is 7.25. The van der Waals surface area contributed by atoms with Crippen molar-refractivity contribution in [3.05, 3.63) is 11.6 Å². The van der Waals surface area contributed by atoms with Gasteiger partial charge >= 0.3 is 5.97 Å². The van der Waals surface area contributed by atoms with Gasteiger partial charge in [0.15, 0.2) is 0 Å². The average Bonchev–Trinajstić information content (AvgIpc) is 2.53. The maximum absolute atomic E-state index is 11.4. The van der Waals surface area contributed by atoms with E-state index in [2.05, 4.69) is 20.8 Å². The van der Waals surface area contributed by atoms with Crippen LogP contribution in [-0.4, -0.2) is 35.5 Å². The summed E-state index contributed by atoms with van der Waals surface area (Å²) < 4.78 is 4.70. The maximum atomic E-state index is 11.4. The molecule has 0 aliphatic heterocycles. The highest BCUT2D eigenvalue weighted by Gasteiger charge is 2.58. The molecular formula is C21H36O4. The molecule has 0 spiro atoms. The van der Waals surface area contributed by atoms with E-state index >= 15 is 0 Å². The van der Waals surface area contributed by atoms with Crippen molar-refractivity contribution in [2.24, 2.45) is 22.7 Å². The van der Waals surface area contributed by atoms with Gasteiger partial charge in [0.25, 0.3) is 0 Å². The molecule has 0 aromatic carbocycles. The normalized spacial score (nSPS) is 38.1. The van der Waals surface area contributed by atoms with Gasteiger partial charge in [0.1, 0.15) is 0 Å². The lowest BCUT2D eigenvalue weighted by Gasteiger charge is -2.61. The summed E-state index contributed by atoms with van der Waals surface area (Å²) in [6.45, 7) is 8.79. The van der Waals surface area contributed by atoms with Gasteiger partial charge < -0.3 is 14.9 Å². The Kier molecular flexibility index (Phi) is 6.05. The van der Waals surface area contributed by atoms with E-state index in [1.165, 1.54) is 26.0 Å². The molecule has 0 amide bonds. The smallest absolute Gasteiger partial charge is 0.330 e. The van der Waals surface area contributed by atoms with Crippen LogP contribution in [0.25, 0.3) is 0 Å². The summed E-state index contributed by atoms with van der Waals surface area (Å²) in [5.74, 6) is 0.279. The topological polar surface area (TPSA) is 66.8 Å². The minimum Gasteiger partial charge on any atom is -0.466 e. The molecule has 0 aromatic heterocycles. The van der Waals surface area contributed by atoms with Crippen LogP contribution in [0.1, 0.15) is 72.6 Å². The number of aliphatic hydroxyl groups is 2. The standard InChI is InChI=1S/C21H36O4/c1-15(13-18(23)25-5)7-8-17-20(4)11-6-10-19(2,3)16(20)9-12-21(17,24)14-22/h13,16-17,22,24H,6-12,14H2,1-5H3/b15-13+/t16?,17-,20+,21?/m1/s1. The predicted octanol–water partition coefficient (Wildman–Crippen LogP) is 3.85. The molecule has 4 atom stereocenters. The van der Waals surface area contributed by atoms with Crippen molar-refractivity contribution in [3.8, 4) is 0 Å². The van der Waals surface area contributed by atoms with Gasteiger partial charge in [0.05, 0.1) is 19.3 Å². The molecule has 0 radical (unpaired) electrons. The fourth-order valence-corrected chi connectivity index (χ4v) is 5.98. The van der Waals surface area contributed by atoms with E-state index in [0.29, 0.717) is 12.3 Å². The molecule has 0 heterocycles. The molecule has 144 valence electrons. The number of hydrogen-bond acceptors (Lipinski definition) is 4. The van der Waals surface area contributed by atoms with Crippen LogP contribution in [0.2, 0.25) is 0 Å². The number of hydrogen-bond donors (Lipinski definition) is 2. The van der Waals surface area contributed by atoms with E-state index in [-0.39, 0.29) is 29.3 Å². The lowest BCUT2D eigenvalue weighted by molar-refractivity contribution is -0.190. The minimum atomic E-state index is -1.01. The van der Waals surface area contributed by atoms with Crippen LogP contribution in [-0.2, 0) is 9.53 Å².